The van der Waals surface area contributed by atoms with E-state index in [0.29, 0.717) is 13.0 Å². The Morgan fingerprint density at radius 1 is 0.857 bits per heavy atom. The van der Waals surface area contributed by atoms with E-state index in [9.17, 15) is 0 Å². The first-order valence-electron chi connectivity index (χ1n) is 7.19. The van der Waals surface area contributed by atoms with Crippen molar-refractivity contribution in [1.82, 2.24) is 0 Å². The zero-order valence-corrected chi connectivity index (χ0v) is 14.0. The van der Waals surface area contributed by atoms with Crippen LogP contribution in [-0.4, -0.2) is 41.6 Å². The molecule has 0 radical (unpaired) electrons. The Bertz CT molecular complexity index is 217. The van der Waals surface area contributed by atoms with Crippen LogP contribution in [0.5, 0.6) is 0 Å². The monoisotopic (exact) mass is 328 g/mol. The lowest BCUT2D eigenvalue weighted by molar-refractivity contribution is -0.388. The summed E-state index contributed by atoms with van der Waals surface area (Å²) in [4.78, 5) is 14.6. The average Bonchev–Trinajstić information content (AvgIpc) is 2.49. The standard InChI is InChI=1S/C11H28N2O7Si/c1-4-14-18-21(19-15-5-2,20-16-6-3)17-11(13)9-7-8-10-12/h11H,4-10,12-13H2,1-3H3. The molecule has 9 nitrogen and oxygen atoms in total. The summed E-state index contributed by atoms with van der Waals surface area (Å²) in [6.07, 6.45) is 1.54. The second kappa shape index (κ2) is 13.5. The van der Waals surface area contributed by atoms with Gasteiger partial charge in [0.25, 0.3) is 0 Å². The molecule has 10 heteroatoms. The molecule has 0 saturated carbocycles. The lowest BCUT2D eigenvalue weighted by Crippen LogP contribution is -2.53. The highest BCUT2D eigenvalue weighted by Gasteiger charge is 2.53. The Morgan fingerprint density at radius 3 is 1.71 bits per heavy atom. The minimum Gasteiger partial charge on any atom is -0.331 e. The van der Waals surface area contributed by atoms with E-state index in [4.69, 9.17) is 44.3 Å². The van der Waals surface area contributed by atoms with Crippen molar-refractivity contribution in [2.45, 2.75) is 46.3 Å². The van der Waals surface area contributed by atoms with Crippen molar-refractivity contribution in [1.29, 1.82) is 0 Å². The van der Waals surface area contributed by atoms with Gasteiger partial charge < -0.3 is 15.9 Å². The molecular weight excluding hydrogens is 300 g/mol. The van der Waals surface area contributed by atoms with Crippen LogP contribution in [0.4, 0.5) is 0 Å². The number of unbranched alkanes of at least 4 members (excludes halogenated alkanes) is 1. The van der Waals surface area contributed by atoms with Gasteiger partial charge in [-0.15, -0.1) is 0 Å². The van der Waals surface area contributed by atoms with Gasteiger partial charge in [0.2, 0.25) is 0 Å². The molecular formula is C11H28N2O7Si. The second-order valence-electron chi connectivity index (χ2n) is 3.91. The van der Waals surface area contributed by atoms with E-state index in [1.165, 1.54) is 0 Å². The molecule has 0 aromatic carbocycles. The Labute approximate surface area is 127 Å². The lowest BCUT2D eigenvalue weighted by atomic mass is 10.2. The molecule has 0 heterocycles. The second-order valence-corrected chi connectivity index (χ2v) is 5.65. The van der Waals surface area contributed by atoms with E-state index in [2.05, 4.69) is 0 Å². The maximum absolute atomic E-state index is 5.88. The molecule has 0 aliphatic heterocycles. The molecule has 0 saturated heterocycles. The first-order valence-corrected chi connectivity index (χ1v) is 8.82. The number of rotatable bonds is 15. The molecule has 0 fully saturated rings. The molecule has 1 unspecified atom stereocenters. The number of nitrogens with two attached hydrogens (primary N) is 2. The van der Waals surface area contributed by atoms with E-state index in [0.717, 1.165) is 12.8 Å². The molecule has 0 aromatic rings. The van der Waals surface area contributed by atoms with E-state index in [1.807, 2.05) is 0 Å². The molecule has 0 aromatic heterocycles. The molecule has 1 atom stereocenters. The third-order valence-electron chi connectivity index (χ3n) is 2.07. The van der Waals surface area contributed by atoms with Gasteiger partial charge in [-0.05, 0) is 46.6 Å². The van der Waals surface area contributed by atoms with Gasteiger partial charge in [0.1, 0.15) is 6.23 Å². The highest BCUT2D eigenvalue weighted by molar-refractivity contribution is 6.52. The van der Waals surface area contributed by atoms with Gasteiger partial charge in [-0.25, -0.2) is 14.7 Å². The lowest BCUT2D eigenvalue weighted by Gasteiger charge is -2.26. The fourth-order valence-electron chi connectivity index (χ4n) is 1.23. The topological polar surface area (TPSA) is 117 Å². The maximum atomic E-state index is 5.88. The predicted octanol–water partition coefficient (Wildman–Crippen LogP) is 0.757. The highest BCUT2D eigenvalue weighted by atomic mass is 28.4. The van der Waals surface area contributed by atoms with Crippen LogP contribution >= 0.6 is 0 Å². The number of hydrogen-bond acceptors (Lipinski definition) is 9. The molecule has 128 valence electrons. The first-order chi connectivity index (χ1) is 10.1. The van der Waals surface area contributed by atoms with Crippen molar-refractivity contribution < 1.29 is 32.8 Å². The van der Waals surface area contributed by atoms with Gasteiger partial charge in [0.05, 0.1) is 19.8 Å². The molecule has 0 bridgehead atoms. The average molecular weight is 328 g/mol. The van der Waals surface area contributed by atoms with Gasteiger partial charge in [-0.1, -0.05) is 0 Å². The van der Waals surface area contributed by atoms with Crippen LogP contribution < -0.4 is 11.5 Å². The predicted molar refractivity (Wildman–Crippen MR) is 75.9 cm³/mol. The minimum atomic E-state index is -3.80. The zero-order chi connectivity index (χ0) is 16.0. The summed E-state index contributed by atoms with van der Waals surface area (Å²) < 4.78 is 20.8. The Hall–Kier alpha value is -0.143. The summed E-state index contributed by atoms with van der Waals surface area (Å²) >= 11 is 0. The zero-order valence-electron chi connectivity index (χ0n) is 13.0. The van der Waals surface area contributed by atoms with Gasteiger partial charge in [-0.3, -0.25) is 0 Å². The highest BCUT2D eigenvalue weighted by Crippen LogP contribution is 2.17. The van der Waals surface area contributed by atoms with Gasteiger partial charge >= 0.3 is 9.05 Å². The fourth-order valence-corrected chi connectivity index (χ4v) is 2.70. The van der Waals surface area contributed by atoms with E-state index >= 15 is 0 Å². The Morgan fingerprint density at radius 2 is 1.33 bits per heavy atom. The summed E-state index contributed by atoms with van der Waals surface area (Å²) in [5, 5.41) is 0. The van der Waals surface area contributed by atoms with Crippen LogP contribution in [0.15, 0.2) is 0 Å². The summed E-state index contributed by atoms with van der Waals surface area (Å²) in [6.45, 7) is 6.61. The smallest absolute Gasteiger partial charge is 0.331 e. The number of hydrogen-bond donors (Lipinski definition) is 2. The van der Waals surface area contributed by atoms with Gasteiger partial charge in [0.15, 0.2) is 0 Å². The van der Waals surface area contributed by atoms with Crippen LogP contribution in [0, 0.1) is 0 Å². The quantitative estimate of drug-likeness (QED) is 0.148. The van der Waals surface area contributed by atoms with Crippen molar-refractivity contribution >= 4 is 9.05 Å². The van der Waals surface area contributed by atoms with Crippen molar-refractivity contribution in [2.24, 2.45) is 11.5 Å². The van der Waals surface area contributed by atoms with Crippen LogP contribution in [0.1, 0.15) is 40.0 Å². The molecule has 21 heavy (non-hydrogen) atoms. The van der Waals surface area contributed by atoms with E-state index in [-0.39, 0.29) is 19.8 Å². The summed E-state index contributed by atoms with van der Waals surface area (Å²) in [5.74, 6) is 0. The Balaban J connectivity index is 4.60. The maximum Gasteiger partial charge on any atom is 0.765 e. The third kappa shape index (κ3) is 10.2. The van der Waals surface area contributed by atoms with Crippen molar-refractivity contribution in [3.63, 3.8) is 0 Å². The molecule has 0 amide bonds. The summed E-state index contributed by atoms with van der Waals surface area (Å²) in [5.41, 5.74) is 11.3. The van der Waals surface area contributed by atoms with Crippen molar-refractivity contribution in [3.8, 4) is 0 Å². The largest absolute Gasteiger partial charge is 0.765 e. The summed E-state index contributed by atoms with van der Waals surface area (Å²) in [7, 11) is -3.80. The molecule has 0 aliphatic rings. The minimum absolute atomic E-state index is 0.269. The molecule has 0 spiro atoms. The van der Waals surface area contributed by atoms with Gasteiger partial charge in [-0.2, -0.15) is 13.7 Å². The van der Waals surface area contributed by atoms with Crippen molar-refractivity contribution in [3.05, 3.63) is 0 Å². The normalized spacial score (nSPS) is 13.6. The van der Waals surface area contributed by atoms with Crippen molar-refractivity contribution in [2.75, 3.05) is 26.4 Å². The third-order valence-corrected chi connectivity index (χ3v) is 3.63. The van der Waals surface area contributed by atoms with Crippen LogP contribution in [-0.2, 0) is 32.8 Å². The van der Waals surface area contributed by atoms with E-state index < -0.39 is 15.3 Å². The molecule has 4 N–H and O–H groups in total. The first kappa shape index (κ1) is 20.9. The van der Waals surface area contributed by atoms with Gasteiger partial charge in [0, 0.05) is 0 Å². The Kier molecular flexibility index (Phi) is 13.4. The van der Waals surface area contributed by atoms with Crippen LogP contribution in [0.25, 0.3) is 0 Å². The van der Waals surface area contributed by atoms with E-state index in [1.54, 1.807) is 20.8 Å². The van der Waals surface area contributed by atoms with Crippen LogP contribution in [0.2, 0.25) is 0 Å². The molecule has 0 rings (SSSR count). The van der Waals surface area contributed by atoms with Crippen LogP contribution in [0.3, 0.4) is 0 Å². The SMILES string of the molecule is CCOO[Si](OOCC)(OOCC)OC(N)CCCCN. The summed E-state index contributed by atoms with van der Waals surface area (Å²) in [6, 6.07) is 0. The fraction of sp³-hybridized carbons (Fsp3) is 1.00. The molecule has 0 aliphatic carbocycles.